The van der Waals surface area contributed by atoms with Crippen LogP contribution in [0.15, 0.2) is 30.3 Å². The van der Waals surface area contributed by atoms with Crippen molar-refractivity contribution in [3.05, 3.63) is 35.9 Å². The number of aliphatic hydroxyl groups is 1. The molecule has 0 spiro atoms. The summed E-state index contributed by atoms with van der Waals surface area (Å²) in [6, 6.07) is 10.1. The smallest absolute Gasteiger partial charge is 0.220 e. The van der Waals surface area contributed by atoms with Crippen LogP contribution < -0.4 is 5.32 Å². The molecule has 1 aromatic carbocycles. The Morgan fingerprint density at radius 1 is 1.17 bits per heavy atom. The van der Waals surface area contributed by atoms with E-state index in [1.165, 1.54) is 45.2 Å². The average Bonchev–Trinajstić information content (AvgIpc) is 2.65. The second-order valence-electron chi connectivity index (χ2n) is 7.25. The molecule has 4 heteroatoms. The highest BCUT2D eigenvalue weighted by Gasteiger charge is 2.32. The van der Waals surface area contributed by atoms with Gasteiger partial charge in [-0.15, -0.1) is 0 Å². The van der Waals surface area contributed by atoms with Crippen molar-refractivity contribution in [2.75, 3.05) is 19.7 Å². The predicted molar refractivity (Wildman–Crippen MR) is 95.6 cm³/mol. The number of hydrogen-bond acceptors (Lipinski definition) is 3. The zero-order valence-electron chi connectivity index (χ0n) is 14.5. The molecule has 24 heavy (non-hydrogen) atoms. The van der Waals surface area contributed by atoms with Crippen LogP contribution in [0.2, 0.25) is 0 Å². The Hall–Kier alpha value is -1.39. The standard InChI is InChI=1S/C20H30N2O2/c23-15-18(16-7-2-1-3-8-16)21-20(24)12-11-17-9-6-14-22-13-5-4-10-19(17)22/h1-3,7-8,17-19,23H,4-6,9-15H2,(H,21,24)/t17-,18+,19+/m0/s1. The minimum Gasteiger partial charge on any atom is -0.394 e. The summed E-state index contributed by atoms with van der Waals surface area (Å²) >= 11 is 0. The quantitative estimate of drug-likeness (QED) is 0.843. The van der Waals surface area contributed by atoms with Crippen LogP contribution in [0.4, 0.5) is 0 Å². The summed E-state index contributed by atoms with van der Waals surface area (Å²) in [4.78, 5) is 15.0. The number of carbonyl (C=O) groups excluding carboxylic acids is 1. The van der Waals surface area contributed by atoms with Gasteiger partial charge in [0.25, 0.3) is 0 Å². The van der Waals surface area contributed by atoms with E-state index in [-0.39, 0.29) is 18.6 Å². The molecule has 2 saturated heterocycles. The first-order valence-electron chi connectivity index (χ1n) is 9.47. The lowest BCUT2D eigenvalue weighted by Crippen LogP contribution is -2.48. The lowest BCUT2D eigenvalue weighted by molar-refractivity contribution is -0.122. The van der Waals surface area contributed by atoms with Crippen LogP contribution in [-0.2, 0) is 4.79 Å². The van der Waals surface area contributed by atoms with Crippen LogP contribution in [0.5, 0.6) is 0 Å². The number of hydrogen-bond donors (Lipinski definition) is 2. The third-order valence-corrected chi connectivity index (χ3v) is 5.69. The van der Waals surface area contributed by atoms with Gasteiger partial charge in [-0.05, 0) is 56.7 Å². The molecule has 132 valence electrons. The van der Waals surface area contributed by atoms with E-state index in [9.17, 15) is 9.90 Å². The Morgan fingerprint density at radius 3 is 2.75 bits per heavy atom. The number of fused-ring (bicyclic) bond motifs is 1. The van der Waals surface area contributed by atoms with Crippen LogP contribution in [0, 0.1) is 5.92 Å². The molecule has 2 aliphatic rings. The Kier molecular flexibility index (Phi) is 6.27. The van der Waals surface area contributed by atoms with Crippen LogP contribution in [0.25, 0.3) is 0 Å². The molecule has 3 rings (SSSR count). The molecular weight excluding hydrogens is 300 g/mol. The van der Waals surface area contributed by atoms with Gasteiger partial charge in [-0.25, -0.2) is 0 Å². The highest BCUT2D eigenvalue weighted by Crippen LogP contribution is 2.33. The number of nitrogens with zero attached hydrogens (tertiary/aromatic N) is 1. The Morgan fingerprint density at radius 2 is 1.96 bits per heavy atom. The normalized spacial score (nSPS) is 25.7. The maximum Gasteiger partial charge on any atom is 0.220 e. The van der Waals surface area contributed by atoms with E-state index >= 15 is 0 Å². The van der Waals surface area contributed by atoms with E-state index < -0.39 is 0 Å². The second-order valence-corrected chi connectivity index (χ2v) is 7.25. The Bertz CT molecular complexity index is 518. The Labute approximate surface area is 145 Å². The van der Waals surface area contributed by atoms with Crippen LogP contribution in [-0.4, -0.2) is 41.7 Å². The summed E-state index contributed by atoms with van der Waals surface area (Å²) in [5, 5.41) is 12.6. The summed E-state index contributed by atoms with van der Waals surface area (Å²) in [5.41, 5.74) is 0.962. The second kappa shape index (κ2) is 8.63. The summed E-state index contributed by atoms with van der Waals surface area (Å²) < 4.78 is 0. The first-order chi connectivity index (χ1) is 11.8. The highest BCUT2D eigenvalue weighted by molar-refractivity contribution is 5.76. The first kappa shape index (κ1) is 17.4. The van der Waals surface area contributed by atoms with Crippen molar-refractivity contribution in [3.8, 4) is 0 Å². The summed E-state index contributed by atoms with van der Waals surface area (Å²) in [6.07, 6.45) is 8.04. The van der Waals surface area contributed by atoms with Crippen molar-refractivity contribution in [3.63, 3.8) is 0 Å². The molecule has 4 nitrogen and oxygen atoms in total. The van der Waals surface area contributed by atoms with E-state index in [0.717, 1.165) is 12.0 Å². The lowest BCUT2D eigenvalue weighted by Gasteiger charge is -2.44. The number of aliphatic hydroxyl groups excluding tert-OH is 1. The van der Waals surface area contributed by atoms with E-state index in [4.69, 9.17) is 0 Å². The Balaban J connectivity index is 1.49. The topological polar surface area (TPSA) is 52.6 Å². The molecule has 1 amide bonds. The summed E-state index contributed by atoms with van der Waals surface area (Å²) in [7, 11) is 0. The fourth-order valence-electron chi connectivity index (χ4n) is 4.42. The fourth-order valence-corrected chi connectivity index (χ4v) is 4.42. The first-order valence-corrected chi connectivity index (χ1v) is 9.47. The van der Waals surface area contributed by atoms with Crippen molar-refractivity contribution in [2.45, 2.75) is 57.0 Å². The van der Waals surface area contributed by atoms with Gasteiger partial charge in [-0.3, -0.25) is 4.79 Å². The molecule has 1 aromatic rings. The molecule has 2 fully saturated rings. The molecule has 0 unspecified atom stereocenters. The number of carbonyl (C=O) groups is 1. The van der Waals surface area contributed by atoms with E-state index in [1.54, 1.807) is 0 Å². The number of rotatable bonds is 6. The van der Waals surface area contributed by atoms with Crippen LogP contribution >= 0.6 is 0 Å². The summed E-state index contributed by atoms with van der Waals surface area (Å²) in [5.74, 6) is 0.722. The van der Waals surface area contributed by atoms with Gasteiger partial charge in [0, 0.05) is 12.5 Å². The van der Waals surface area contributed by atoms with E-state index in [1.807, 2.05) is 30.3 Å². The van der Waals surface area contributed by atoms with Crippen molar-refractivity contribution < 1.29 is 9.90 Å². The number of nitrogens with one attached hydrogen (secondary N) is 1. The van der Waals surface area contributed by atoms with E-state index in [0.29, 0.717) is 18.4 Å². The molecule has 0 aliphatic carbocycles. The van der Waals surface area contributed by atoms with Gasteiger partial charge >= 0.3 is 0 Å². The molecule has 0 aromatic heterocycles. The zero-order chi connectivity index (χ0) is 16.8. The van der Waals surface area contributed by atoms with Gasteiger partial charge in [0.05, 0.1) is 12.6 Å². The molecule has 0 saturated carbocycles. The molecule has 2 N–H and O–H groups in total. The zero-order valence-corrected chi connectivity index (χ0v) is 14.5. The number of benzene rings is 1. The van der Waals surface area contributed by atoms with Crippen molar-refractivity contribution in [1.29, 1.82) is 0 Å². The third-order valence-electron chi connectivity index (χ3n) is 5.69. The molecule has 0 radical (unpaired) electrons. The van der Waals surface area contributed by atoms with Gasteiger partial charge in [-0.2, -0.15) is 0 Å². The third kappa shape index (κ3) is 4.37. The van der Waals surface area contributed by atoms with E-state index in [2.05, 4.69) is 10.2 Å². The van der Waals surface area contributed by atoms with Crippen molar-refractivity contribution in [2.24, 2.45) is 5.92 Å². The lowest BCUT2D eigenvalue weighted by atomic mass is 9.81. The minimum atomic E-state index is -0.295. The number of amides is 1. The molecular formula is C20H30N2O2. The summed E-state index contributed by atoms with van der Waals surface area (Å²) in [6.45, 7) is 2.43. The largest absolute Gasteiger partial charge is 0.394 e. The van der Waals surface area contributed by atoms with Gasteiger partial charge in [-0.1, -0.05) is 36.8 Å². The maximum atomic E-state index is 12.4. The highest BCUT2D eigenvalue weighted by atomic mass is 16.3. The van der Waals surface area contributed by atoms with Gasteiger partial charge in [0.2, 0.25) is 5.91 Å². The van der Waals surface area contributed by atoms with Gasteiger partial charge in [0.15, 0.2) is 0 Å². The van der Waals surface area contributed by atoms with Crippen molar-refractivity contribution >= 4 is 5.91 Å². The molecule has 2 heterocycles. The van der Waals surface area contributed by atoms with Crippen LogP contribution in [0.3, 0.4) is 0 Å². The monoisotopic (exact) mass is 330 g/mol. The maximum absolute atomic E-state index is 12.4. The fraction of sp³-hybridized carbons (Fsp3) is 0.650. The van der Waals surface area contributed by atoms with Crippen molar-refractivity contribution in [1.82, 2.24) is 10.2 Å². The predicted octanol–water partition coefficient (Wildman–Crippen LogP) is 2.88. The van der Waals surface area contributed by atoms with Crippen LogP contribution in [0.1, 0.15) is 56.6 Å². The minimum absolute atomic E-state index is 0.0599. The molecule has 0 bridgehead atoms. The SMILES string of the molecule is O=C(CC[C@@H]1CCCN2CCCC[C@H]12)N[C@H](CO)c1ccccc1. The average molecular weight is 330 g/mol. The molecule has 2 aliphatic heterocycles. The van der Waals surface area contributed by atoms with Gasteiger partial charge < -0.3 is 15.3 Å². The number of piperidine rings is 2. The van der Waals surface area contributed by atoms with Gasteiger partial charge in [0.1, 0.15) is 0 Å². The molecule has 3 atom stereocenters.